The fourth-order valence-corrected chi connectivity index (χ4v) is 8.42. The zero-order valence-corrected chi connectivity index (χ0v) is 20.6. The Morgan fingerprint density at radius 1 is 1.26 bits per heavy atom. The molecule has 0 amide bonds. The normalized spacial score (nSPS) is 47.4. The van der Waals surface area contributed by atoms with Crippen LogP contribution in [0.4, 0.5) is 13.2 Å². The highest BCUT2D eigenvalue weighted by Gasteiger charge is 2.78. The molecule has 188 valence electrons. The first-order chi connectivity index (χ1) is 15.8. The summed E-state index contributed by atoms with van der Waals surface area (Å²) in [7, 11) is 0. The first-order valence-electron chi connectivity index (χ1n) is 11.7. The third kappa shape index (κ3) is 3.01. The minimum atomic E-state index is -2.30. The Bertz CT molecular complexity index is 984. The Morgan fingerprint density at radius 2 is 1.94 bits per heavy atom. The number of fused-ring (bicyclic) bond motifs is 5. The minimum Gasteiger partial charge on any atom is -0.449 e. The Balaban J connectivity index is 1.87. The van der Waals surface area contributed by atoms with Gasteiger partial charge < -0.3 is 9.84 Å². The second kappa shape index (κ2) is 8.22. The van der Waals surface area contributed by atoms with Gasteiger partial charge in [0.15, 0.2) is 17.1 Å². The number of hydrogen-bond donors (Lipinski definition) is 1. The number of hydrogen-bond acceptors (Lipinski definition) is 6. The maximum atomic E-state index is 17.2. The second-order valence-electron chi connectivity index (χ2n) is 10.6. The van der Waals surface area contributed by atoms with Gasteiger partial charge in [-0.3, -0.25) is 14.4 Å². The number of ether oxygens (including phenoxy) is 1. The molecule has 4 aliphatic rings. The average molecular weight is 501 g/mol. The number of carbonyl (C=O) groups is 3. The third-order valence-electron chi connectivity index (χ3n) is 9.22. The molecular weight excluding hydrogens is 469 g/mol. The number of halogens is 3. The zero-order valence-electron chi connectivity index (χ0n) is 19.8. The van der Waals surface area contributed by atoms with Crippen LogP contribution in [-0.4, -0.2) is 51.5 Å². The summed E-state index contributed by atoms with van der Waals surface area (Å²) in [4.78, 5) is 37.8. The van der Waals surface area contributed by atoms with E-state index in [-0.39, 0.29) is 31.3 Å². The monoisotopic (exact) mass is 500 g/mol. The van der Waals surface area contributed by atoms with Crippen molar-refractivity contribution in [2.75, 3.05) is 6.01 Å². The lowest BCUT2D eigenvalue weighted by Gasteiger charge is -2.63. The van der Waals surface area contributed by atoms with Crippen LogP contribution in [0, 0.1) is 28.6 Å². The Kier molecular flexibility index (Phi) is 6.16. The molecule has 0 spiro atoms. The van der Waals surface area contributed by atoms with E-state index >= 15 is 8.78 Å². The standard InChI is InChI=1S/C25H31F3O5S/c1-5-20(31)33-25(21(32)34-12-26)13(2)8-15-16-10-18(27)17-9-14(29)6-7-22(17,3)24(16,28)19(30)11-23(15,25)4/h6-7,9,13,15-16,18-19,30H,5,8,10-12H2,1-4H3/t13-,15+,16+,18+,19+,22?,23+,24+,25+/m1/s1. The highest BCUT2D eigenvalue weighted by Crippen LogP contribution is 2.72. The van der Waals surface area contributed by atoms with Crippen LogP contribution in [0.2, 0.25) is 0 Å². The number of thioether (sulfide) groups is 1. The summed E-state index contributed by atoms with van der Waals surface area (Å²) in [6.45, 7) is 6.45. The molecule has 0 aliphatic heterocycles. The Hall–Kier alpha value is -1.61. The Morgan fingerprint density at radius 3 is 2.56 bits per heavy atom. The topological polar surface area (TPSA) is 80.7 Å². The van der Waals surface area contributed by atoms with Crippen LogP contribution in [-0.2, 0) is 19.1 Å². The molecule has 1 unspecified atom stereocenters. The molecule has 5 nitrogen and oxygen atoms in total. The van der Waals surface area contributed by atoms with Crippen molar-refractivity contribution in [3.8, 4) is 0 Å². The molecular formula is C25H31F3O5S. The van der Waals surface area contributed by atoms with E-state index < -0.39 is 75.0 Å². The van der Waals surface area contributed by atoms with Crippen LogP contribution < -0.4 is 0 Å². The van der Waals surface area contributed by atoms with Gasteiger partial charge >= 0.3 is 5.97 Å². The largest absolute Gasteiger partial charge is 0.449 e. The van der Waals surface area contributed by atoms with Gasteiger partial charge in [0.25, 0.3) is 0 Å². The minimum absolute atomic E-state index is 0.0141. The van der Waals surface area contributed by atoms with E-state index in [1.54, 1.807) is 20.8 Å². The summed E-state index contributed by atoms with van der Waals surface area (Å²) in [6, 6.07) is -1.02. The van der Waals surface area contributed by atoms with Crippen molar-refractivity contribution in [3.63, 3.8) is 0 Å². The van der Waals surface area contributed by atoms with E-state index in [1.807, 2.05) is 0 Å². The molecule has 34 heavy (non-hydrogen) atoms. The first kappa shape index (κ1) is 25.5. The molecule has 3 fully saturated rings. The van der Waals surface area contributed by atoms with Crippen LogP contribution in [0.15, 0.2) is 23.8 Å². The van der Waals surface area contributed by atoms with E-state index in [0.29, 0.717) is 11.8 Å². The van der Waals surface area contributed by atoms with Crippen LogP contribution in [0.25, 0.3) is 0 Å². The highest BCUT2D eigenvalue weighted by molar-refractivity contribution is 8.13. The van der Waals surface area contributed by atoms with Gasteiger partial charge in [-0.2, -0.15) is 0 Å². The van der Waals surface area contributed by atoms with Gasteiger partial charge in [-0.15, -0.1) is 0 Å². The molecule has 0 aromatic heterocycles. The second-order valence-corrected chi connectivity index (χ2v) is 11.5. The number of allylic oxidation sites excluding steroid dienone is 4. The van der Waals surface area contributed by atoms with Crippen molar-refractivity contribution in [1.29, 1.82) is 0 Å². The summed E-state index contributed by atoms with van der Waals surface area (Å²) in [5.41, 5.74) is -6.84. The average Bonchev–Trinajstić information content (AvgIpc) is 2.99. The van der Waals surface area contributed by atoms with E-state index in [4.69, 9.17) is 4.74 Å². The fraction of sp³-hybridized carbons (Fsp3) is 0.720. The number of rotatable bonds is 4. The van der Waals surface area contributed by atoms with Crippen LogP contribution in [0.3, 0.4) is 0 Å². The van der Waals surface area contributed by atoms with Crippen LogP contribution in [0.1, 0.15) is 53.4 Å². The number of ketones is 1. The van der Waals surface area contributed by atoms with Gasteiger partial charge in [-0.1, -0.05) is 26.8 Å². The molecule has 3 saturated carbocycles. The Labute approximate surface area is 201 Å². The first-order valence-corrected chi connectivity index (χ1v) is 12.7. The van der Waals surface area contributed by atoms with E-state index in [1.165, 1.54) is 19.1 Å². The van der Waals surface area contributed by atoms with Crippen LogP contribution in [0.5, 0.6) is 0 Å². The quantitative estimate of drug-likeness (QED) is 0.576. The molecule has 9 heteroatoms. The number of alkyl halides is 3. The fourth-order valence-electron chi connectivity index (χ4n) is 7.63. The summed E-state index contributed by atoms with van der Waals surface area (Å²) in [5.74, 6) is -3.30. The zero-order chi connectivity index (χ0) is 25.3. The molecule has 0 aromatic carbocycles. The van der Waals surface area contributed by atoms with Crippen molar-refractivity contribution in [3.05, 3.63) is 23.8 Å². The number of aliphatic hydroxyl groups is 1. The highest BCUT2D eigenvalue weighted by atomic mass is 32.2. The smallest absolute Gasteiger partial charge is 0.306 e. The lowest BCUT2D eigenvalue weighted by molar-refractivity contribution is -0.228. The van der Waals surface area contributed by atoms with Gasteiger partial charge in [0.2, 0.25) is 5.12 Å². The van der Waals surface area contributed by atoms with E-state index in [2.05, 4.69) is 0 Å². The van der Waals surface area contributed by atoms with Crippen molar-refractivity contribution in [2.45, 2.75) is 76.9 Å². The molecule has 4 aliphatic carbocycles. The summed E-state index contributed by atoms with van der Waals surface area (Å²) >= 11 is 0.396. The van der Waals surface area contributed by atoms with Crippen LogP contribution >= 0.6 is 11.8 Å². The van der Waals surface area contributed by atoms with Crippen molar-refractivity contribution in [1.82, 2.24) is 0 Å². The van der Waals surface area contributed by atoms with Gasteiger partial charge in [0.1, 0.15) is 12.2 Å². The molecule has 0 radical (unpaired) electrons. The summed E-state index contributed by atoms with van der Waals surface area (Å²) in [6.07, 6.45) is 0.160. The lowest BCUT2D eigenvalue weighted by atomic mass is 9.44. The number of carbonyl (C=O) groups excluding carboxylic acids is 3. The summed E-state index contributed by atoms with van der Waals surface area (Å²) in [5, 5.41) is 10.7. The molecule has 0 bridgehead atoms. The molecule has 0 aromatic rings. The van der Waals surface area contributed by atoms with Gasteiger partial charge in [-0.05, 0) is 61.6 Å². The van der Waals surface area contributed by atoms with Gasteiger partial charge in [-0.25, -0.2) is 13.2 Å². The molecule has 0 heterocycles. The number of esters is 1. The van der Waals surface area contributed by atoms with E-state index in [0.717, 1.165) is 6.08 Å². The maximum Gasteiger partial charge on any atom is 0.306 e. The predicted molar refractivity (Wildman–Crippen MR) is 121 cm³/mol. The van der Waals surface area contributed by atoms with E-state index in [9.17, 15) is 23.9 Å². The van der Waals surface area contributed by atoms with Crippen molar-refractivity contribution >= 4 is 28.6 Å². The summed E-state index contributed by atoms with van der Waals surface area (Å²) < 4.78 is 51.8. The molecule has 9 atom stereocenters. The number of aliphatic hydroxyl groups excluding tert-OH is 1. The predicted octanol–water partition coefficient (Wildman–Crippen LogP) is 4.43. The SMILES string of the molecule is CCC(=O)O[C@]1(C(=O)SCF)[C@H](C)C[C@H]2[C@@H]3C[C@H](F)C4=CC(=O)C=CC4(C)[C@@]3(F)[C@@H](O)C[C@@]21C. The molecule has 1 N–H and O–H groups in total. The van der Waals surface area contributed by atoms with Gasteiger partial charge in [0.05, 0.1) is 6.10 Å². The van der Waals surface area contributed by atoms with Crippen molar-refractivity contribution in [2.24, 2.45) is 28.6 Å². The molecule has 4 rings (SSSR count). The van der Waals surface area contributed by atoms with Gasteiger partial charge in [0, 0.05) is 29.1 Å². The molecule has 0 saturated heterocycles. The lowest BCUT2D eigenvalue weighted by Crippen LogP contribution is -2.70. The van der Waals surface area contributed by atoms with Crippen molar-refractivity contribution < 1.29 is 37.4 Å². The third-order valence-corrected chi connectivity index (χ3v) is 9.90. The maximum absolute atomic E-state index is 17.2.